The Labute approximate surface area is 97.4 Å². The second-order valence-corrected chi connectivity index (χ2v) is 4.47. The van der Waals surface area contributed by atoms with Crippen molar-refractivity contribution in [3.8, 4) is 5.75 Å². The number of thioether (sulfide) groups is 1. The van der Waals surface area contributed by atoms with Crippen LogP contribution in [0, 0.1) is 0 Å². The van der Waals surface area contributed by atoms with Crippen LogP contribution in [0.3, 0.4) is 0 Å². The summed E-state index contributed by atoms with van der Waals surface area (Å²) in [6.07, 6.45) is 4.03. The second kappa shape index (κ2) is 3.72. The fourth-order valence-electron chi connectivity index (χ4n) is 1.96. The van der Waals surface area contributed by atoms with Crippen molar-refractivity contribution in [3.05, 3.63) is 52.3 Å². The maximum atomic E-state index is 9.95. The van der Waals surface area contributed by atoms with Gasteiger partial charge in [-0.25, -0.2) is 0 Å². The summed E-state index contributed by atoms with van der Waals surface area (Å²) in [4.78, 5) is 0. The Bertz CT molecular complexity index is 698. The lowest BCUT2D eigenvalue weighted by Crippen LogP contribution is -2.24. The van der Waals surface area contributed by atoms with E-state index in [0.717, 1.165) is 16.0 Å². The van der Waals surface area contributed by atoms with Gasteiger partial charge in [0.05, 0.1) is 0 Å². The van der Waals surface area contributed by atoms with Gasteiger partial charge >= 0.3 is 0 Å². The van der Waals surface area contributed by atoms with Crippen molar-refractivity contribution >= 4 is 34.0 Å². The molecule has 0 unspecified atom stereocenters. The van der Waals surface area contributed by atoms with Crippen LogP contribution in [-0.4, -0.2) is 5.11 Å². The molecule has 0 aromatic heterocycles. The van der Waals surface area contributed by atoms with Gasteiger partial charge in [0.2, 0.25) is 0 Å². The molecule has 0 saturated carbocycles. The first-order valence-corrected chi connectivity index (χ1v) is 6.04. The first-order chi connectivity index (χ1) is 7.86. The van der Waals surface area contributed by atoms with Crippen molar-refractivity contribution in [3.63, 3.8) is 0 Å². The summed E-state index contributed by atoms with van der Waals surface area (Å²) < 4.78 is 0. The summed E-state index contributed by atoms with van der Waals surface area (Å²) in [6, 6.07) is 9.76. The third kappa shape index (κ3) is 1.42. The zero-order chi connectivity index (χ0) is 11.0. The maximum absolute atomic E-state index is 9.95. The highest BCUT2D eigenvalue weighted by atomic mass is 32.2. The van der Waals surface area contributed by atoms with Gasteiger partial charge in [0.25, 0.3) is 0 Å². The van der Waals surface area contributed by atoms with Crippen molar-refractivity contribution in [2.24, 2.45) is 0 Å². The number of fused-ring (bicyclic) bond motifs is 3. The standard InChI is InChI=1S/C14H10OS/c15-14-8-10-4-3-7-16-9-13(10)11-5-1-2-6-12(11)14/h1-9,15H. The number of phenols is 1. The summed E-state index contributed by atoms with van der Waals surface area (Å²) in [5.41, 5.74) is 0. The second-order valence-electron chi connectivity index (χ2n) is 3.69. The van der Waals surface area contributed by atoms with Crippen LogP contribution in [0.4, 0.5) is 0 Å². The van der Waals surface area contributed by atoms with Crippen molar-refractivity contribution in [2.75, 3.05) is 0 Å². The molecule has 0 saturated heterocycles. The molecule has 1 nitrogen and oxygen atoms in total. The first kappa shape index (κ1) is 9.55. The minimum atomic E-state index is 0.347. The molecule has 1 heterocycles. The molecule has 0 atom stereocenters. The molecule has 0 amide bonds. The van der Waals surface area contributed by atoms with E-state index in [1.807, 2.05) is 47.9 Å². The van der Waals surface area contributed by atoms with Crippen molar-refractivity contribution in [1.29, 1.82) is 0 Å². The zero-order valence-electron chi connectivity index (χ0n) is 8.55. The highest BCUT2D eigenvalue weighted by molar-refractivity contribution is 8.09. The lowest BCUT2D eigenvalue weighted by molar-refractivity contribution is 0.481. The minimum absolute atomic E-state index is 0.347. The molecule has 1 N–H and O–H groups in total. The van der Waals surface area contributed by atoms with E-state index in [1.165, 1.54) is 5.22 Å². The molecule has 0 bridgehead atoms. The van der Waals surface area contributed by atoms with E-state index in [0.29, 0.717) is 5.75 Å². The molecule has 78 valence electrons. The zero-order valence-corrected chi connectivity index (χ0v) is 9.37. The Morgan fingerprint density at radius 3 is 2.75 bits per heavy atom. The summed E-state index contributed by atoms with van der Waals surface area (Å²) in [5, 5.41) is 18.4. The number of phenolic OH excluding ortho intramolecular Hbond substituents is 1. The summed E-state index contributed by atoms with van der Waals surface area (Å²) in [5.74, 6) is 0.347. The van der Waals surface area contributed by atoms with Crippen LogP contribution in [0.15, 0.2) is 41.8 Å². The normalized spacial score (nSPS) is 13.8. The molecular formula is C14H10OS. The fraction of sp³-hybridized carbons (Fsp3) is 0. The molecule has 3 rings (SSSR count). The van der Waals surface area contributed by atoms with Gasteiger partial charge in [0, 0.05) is 5.39 Å². The highest BCUT2D eigenvalue weighted by Gasteiger charge is 2.02. The van der Waals surface area contributed by atoms with Gasteiger partial charge in [-0.15, -0.1) is 11.8 Å². The molecule has 2 heteroatoms. The topological polar surface area (TPSA) is 20.2 Å². The molecule has 0 aliphatic carbocycles. The van der Waals surface area contributed by atoms with E-state index in [2.05, 4.69) is 5.41 Å². The Morgan fingerprint density at radius 2 is 1.88 bits per heavy atom. The Hall–Kier alpha value is -1.67. The van der Waals surface area contributed by atoms with E-state index >= 15 is 0 Å². The van der Waals surface area contributed by atoms with Crippen molar-refractivity contribution in [2.45, 2.75) is 0 Å². The molecule has 1 aliphatic heterocycles. The predicted octanol–water partition coefficient (Wildman–Crippen LogP) is 2.32. The molecule has 0 fully saturated rings. The minimum Gasteiger partial charge on any atom is -0.507 e. The van der Waals surface area contributed by atoms with Gasteiger partial charge in [0.1, 0.15) is 5.75 Å². The number of rotatable bonds is 0. The van der Waals surface area contributed by atoms with E-state index in [9.17, 15) is 5.11 Å². The van der Waals surface area contributed by atoms with Crippen LogP contribution in [-0.2, 0) is 0 Å². The van der Waals surface area contributed by atoms with Gasteiger partial charge in [-0.3, -0.25) is 0 Å². The van der Waals surface area contributed by atoms with Crippen LogP contribution in [0.2, 0.25) is 0 Å². The monoisotopic (exact) mass is 226 g/mol. The van der Waals surface area contributed by atoms with E-state index in [-0.39, 0.29) is 0 Å². The molecule has 16 heavy (non-hydrogen) atoms. The predicted molar refractivity (Wildman–Crippen MR) is 70.5 cm³/mol. The molecule has 1 aliphatic rings. The van der Waals surface area contributed by atoms with Crippen LogP contribution in [0.25, 0.3) is 22.3 Å². The number of allylic oxidation sites excluding steroid dienone is 1. The maximum Gasteiger partial charge on any atom is 0.124 e. The largest absolute Gasteiger partial charge is 0.507 e. The van der Waals surface area contributed by atoms with Crippen LogP contribution in [0.5, 0.6) is 5.75 Å². The van der Waals surface area contributed by atoms with E-state index in [4.69, 9.17) is 0 Å². The molecule has 2 aromatic carbocycles. The number of hydrogen-bond donors (Lipinski definition) is 1. The summed E-state index contributed by atoms with van der Waals surface area (Å²) in [7, 11) is 0. The molecule has 0 spiro atoms. The SMILES string of the molecule is Oc1cc2c(c3ccccc13)=CSC=CC=2. The fourth-order valence-corrected chi connectivity index (χ4v) is 2.61. The van der Waals surface area contributed by atoms with Crippen LogP contribution in [0.1, 0.15) is 0 Å². The molecular weight excluding hydrogens is 216 g/mol. The number of aromatic hydroxyl groups is 1. The average Bonchev–Trinajstić information content (AvgIpc) is 2.55. The van der Waals surface area contributed by atoms with Gasteiger partial charge in [-0.1, -0.05) is 36.4 Å². The Kier molecular flexibility index (Phi) is 2.22. The smallest absolute Gasteiger partial charge is 0.124 e. The van der Waals surface area contributed by atoms with Crippen molar-refractivity contribution in [1.82, 2.24) is 0 Å². The van der Waals surface area contributed by atoms with Gasteiger partial charge in [-0.2, -0.15) is 0 Å². The van der Waals surface area contributed by atoms with Gasteiger partial charge < -0.3 is 5.11 Å². The van der Waals surface area contributed by atoms with E-state index < -0.39 is 0 Å². The highest BCUT2D eigenvalue weighted by Crippen LogP contribution is 2.20. The van der Waals surface area contributed by atoms with Crippen LogP contribution < -0.4 is 10.4 Å². The summed E-state index contributed by atoms with van der Waals surface area (Å²) >= 11 is 1.66. The van der Waals surface area contributed by atoms with Gasteiger partial charge in [-0.05, 0) is 32.7 Å². The van der Waals surface area contributed by atoms with Crippen LogP contribution >= 0.6 is 11.8 Å². The number of hydrogen-bond acceptors (Lipinski definition) is 2. The average molecular weight is 226 g/mol. The first-order valence-electron chi connectivity index (χ1n) is 5.09. The van der Waals surface area contributed by atoms with Crippen molar-refractivity contribution < 1.29 is 5.11 Å². The molecule has 0 radical (unpaired) electrons. The van der Waals surface area contributed by atoms with Gasteiger partial charge in [0.15, 0.2) is 0 Å². The lowest BCUT2D eigenvalue weighted by atomic mass is 10.1. The Morgan fingerprint density at radius 1 is 1.06 bits per heavy atom. The number of benzene rings is 2. The third-order valence-electron chi connectivity index (χ3n) is 2.72. The van der Waals surface area contributed by atoms with E-state index in [1.54, 1.807) is 11.8 Å². The lowest BCUT2D eigenvalue weighted by Gasteiger charge is -2.02. The third-order valence-corrected chi connectivity index (χ3v) is 3.40. The Balaban J connectivity index is 2.60. The molecule has 2 aromatic rings. The summed E-state index contributed by atoms with van der Waals surface area (Å²) in [6.45, 7) is 0. The quantitative estimate of drug-likeness (QED) is 0.744.